The molecule has 0 bridgehead atoms. The second-order valence-corrected chi connectivity index (χ2v) is 5.98. The van der Waals surface area contributed by atoms with Crippen LogP contribution in [-0.2, 0) is 19.6 Å². The molecule has 0 saturated heterocycles. The first-order chi connectivity index (χ1) is 10.1. The zero-order chi connectivity index (χ0) is 17.0. The van der Waals surface area contributed by atoms with Crippen LogP contribution in [0.1, 0.15) is 31.2 Å². The molecule has 5 nitrogen and oxygen atoms in total. The Morgan fingerprint density at radius 1 is 1.32 bits per heavy atom. The Bertz CT molecular complexity index is 625. The third-order valence-corrected chi connectivity index (χ3v) is 3.93. The third-order valence-electron chi connectivity index (χ3n) is 2.95. The fourth-order valence-electron chi connectivity index (χ4n) is 1.78. The van der Waals surface area contributed by atoms with Gasteiger partial charge in [0.1, 0.15) is 5.75 Å². The van der Waals surface area contributed by atoms with Gasteiger partial charge in [-0.15, -0.1) is 0 Å². The van der Waals surface area contributed by atoms with Gasteiger partial charge in [-0.25, -0.2) is 0 Å². The van der Waals surface area contributed by atoms with Crippen LogP contribution in [0, 0.1) is 0 Å². The maximum absolute atomic E-state index is 12.3. The first-order valence-corrected chi connectivity index (χ1v) is 7.69. The normalized spacial score (nSPS) is 13.5. The van der Waals surface area contributed by atoms with Crippen molar-refractivity contribution < 1.29 is 35.3 Å². The summed E-state index contributed by atoms with van der Waals surface area (Å²) in [6.45, 7) is 1.79. The SMILES string of the molecule is CC[C@@H](CC(=O)OC)c1cccc(OS(=O)(=O)C(F)(F)F)c1. The Morgan fingerprint density at radius 3 is 2.45 bits per heavy atom. The summed E-state index contributed by atoms with van der Waals surface area (Å²) >= 11 is 0. The minimum Gasteiger partial charge on any atom is -0.469 e. The highest BCUT2D eigenvalue weighted by Gasteiger charge is 2.48. The van der Waals surface area contributed by atoms with Gasteiger partial charge >= 0.3 is 21.6 Å². The van der Waals surface area contributed by atoms with Crippen molar-refractivity contribution in [2.24, 2.45) is 0 Å². The van der Waals surface area contributed by atoms with E-state index < -0.39 is 27.3 Å². The average Bonchev–Trinajstić information content (AvgIpc) is 2.43. The molecule has 1 aromatic rings. The average molecular weight is 340 g/mol. The molecule has 0 fully saturated rings. The van der Waals surface area contributed by atoms with Crippen molar-refractivity contribution in [3.8, 4) is 5.75 Å². The summed E-state index contributed by atoms with van der Waals surface area (Å²) in [4.78, 5) is 11.3. The van der Waals surface area contributed by atoms with Crippen LogP contribution in [0.2, 0.25) is 0 Å². The van der Waals surface area contributed by atoms with Gasteiger partial charge < -0.3 is 8.92 Å². The van der Waals surface area contributed by atoms with Crippen molar-refractivity contribution in [1.29, 1.82) is 0 Å². The van der Waals surface area contributed by atoms with Crippen molar-refractivity contribution in [2.45, 2.75) is 31.2 Å². The van der Waals surface area contributed by atoms with Crippen LogP contribution in [0.3, 0.4) is 0 Å². The lowest BCUT2D eigenvalue weighted by Gasteiger charge is -2.15. The third kappa shape index (κ3) is 4.62. The zero-order valence-electron chi connectivity index (χ0n) is 11.9. The highest BCUT2D eigenvalue weighted by Crippen LogP contribution is 2.30. The van der Waals surface area contributed by atoms with Gasteiger partial charge in [0.15, 0.2) is 0 Å². The smallest absolute Gasteiger partial charge is 0.469 e. The van der Waals surface area contributed by atoms with Gasteiger partial charge in [0.05, 0.1) is 13.5 Å². The highest BCUT2D eigenvalue weighted by atomic mass is 32.2. The standard InChI is InChI=1S/C13H15F3O5S/c1-3-9(8-12(17)20-2)10-5-4-6-11(7-10)21-22(18,19)13(14,15)16/h4-7,9H,3,8H2,1-2H3/t9-/m0/s1. The molecule has 0 saturated carbocycles. The number of carbonyl (C=O) groups excluding carboxylic acids is 1. The molecule has 1 rings (SSSR count). The molecule has 0 unspecified atom stereocenters. The summed E-state index contributed by atoms with van der Waals surface area (Å²) in [7, 11) is -4.49. The van der Waals surface area contributed by atoms with E-state index in [0.717, 1.165) is 6.07 Å². The fourth-order valence-corrected chi connectivity index (χ4v) is 2.23. The maximum Gasteiger partial charge on any atom is 0.534 e. The van der Waals surface area contributed by atoms with Crippen LogP contribution in [0.15, 0.2) is 24.3 Å². The Labute approximate surface area is 126 Å². The van der Waals surface area contributed by atoms with E-state index in [-0.39, 0.29) is 12.3 Å². The Kier molecular flexibility index (Phi) is 5.81. The number of halogens is 3. The van der Waals surface area contributed by atoms with Crippen molar-refractivity contribution in [3.63, 3.8) is 0 Å². The first kappa shape index (κ1) is 18.3. The number of alkyl halides is 3. The monoisotopic (exact) mass is 340 g/mol. The molecule has 1 atom stereocenters. The Balaban J connectivity index is 3.01. The summed E-state index contributed by atoms with van der Waals surface area (Å²) in [5, 5.41) is 0. The summed E-state index contributed by atoms with van der Waals surface area (Å²) in [5.41, 5.74) is -5.01. The maximum atomic E-state index is 12.3. The number of methoxy groups -OCH3 is 1. The van der Waals surface area contributed by atoms with E-state index in [1.807, 2.05) is 0 Å². The molecular formula is C13H15F3O5S. The molecule has 9 heteroatoms. The Hall–Kier alpha value is -1.77. The van der Waals surface area contributed by atoms with Crippen molar-refractivity contribution >= 4 is 16.1 Å². The van der Waals surface area contributed by atoms with Crippen LogP contribution < -0.4 is 4.18 Å². The number of hydrogen-bond acceptors (Lipinski definition) is 5. The first-order valence-electron chi connectivity index (χ1n) is 6.28. The van der Waals surface area contributed by atoms with E-state index >= 15 is 0 Å². The molecular weight excluding hydrogens is 325 g/mol. The van der Waals surface area contributed by atoms with Crippen molar-refractivity contribution in [3.05, 3.63) is 29.8 Å². The van der Waals surface area contributed by atoms with Crippen LogP contribution in [0.5, 0.6) is 5.75 Å². The summed E-state index contributed by atoms with van der Waals surface area (Å²) in [6, 6.07) is 5.19. The highest BCUT2D eigenvalue weighted by molar-refractivity contribution is 7.88. The zero-order valence-corrected chi connectivity index (χ0v) is 12.7. The molecule has 0 heterocycles. The van der Waals surface area contributed by atoms with Crippen LogP contribution in [0.25, 0.3) is 0 Å². The molecule has 22 heavy (non-hydrogen) atoms. The van der Waals surface area contributed by atoms with E-state index in [2.05, 4.69) is 8.92 Å². The molecule has 0 spiro atoms. The summed E-state index contributed by atoms with van der Waals surface area (Å²) < 4.78 is 67.4. The van der Waals surface area contributed by atoms with Gasteiger partial charge in [0, 0.05) is 0 Å². The van der Waals surface area contributed by atoms with Crippen LogP contribution in [0.4, 0.5) is 13.2 Å². The van der Waals surface area contributed by atoms with Crippen molar-refractivity contribution in [1.82, 2.24) is 0 Å². The lowest BCUT2D eigenvalue weighted by atomic mass is 9.93. The molecule has 1 aromatic carbocycles. The quantitative estimate of drug-likeness (QED) is 0.452. The van der Waals surface area contributed by atoms with Gasteiger partial charge in [-0.05, 0) is 30.0 Å². The Morgan fingerprint density at radius 2 is 1.95 bits per heavy atom. The number of carbonyl (C=O) groups is 1. The predicted octanol–water partition coefficient (Wildman–Crippen LogP) is 2.97. The molecule has 0 N–H and O–H groups in total. The minimum absolute atomic E-state index is 0.0302. The second-order valence-electron chi connectivity index (χ2n) is 4.44. The van der Waals surface area contributed by atoms with Crippen LogP contribution >= 0.6 is 0 Å². The van der Waals surface area contributed by atoms with Gasteiger partial charge in [-0.1, -0.05) is 19.1 Å². The van der Waals surface area contributed by atoms with E-state index in [1.54, 1.807) is 13.0 Å². The van der Waals surface area contributed by atoms with E-state index in [0.29, 0.717) is 12.0 Å². The minimum atomic E-state index is -5.72. The van der Waals surface area contributed by atoms with Gasteiger partial charge in [0.25, 0.3) is 0 Å². The molecule has 0 aliphatic carbocycles. The van der Waals surface area contributed by atoms with E-state index in [4.69, 9.17) is 0 Å². The number of benzene rings is 1. The second kappa shape index (κ2) is 6.99. The molecule has 0 amide bonds. The molecule has 124 valence electrons. The number of rotatable bonds is 6. The molecule has 0 aromatic heterocycles. The fraction of sp³-hybridized carbons (Fsp3) is 0.462. The molecule has 0 radical (unpaired) electrons. The number of esters is 1. The topological polar surface area (TPSA) is 69.7 Å². The summed E-state index contributed by atoms with van der Waals surface area (Å²) in [5.74, 6) is -1.25. The molecule has 0 aliphatic heterocycles. The lowest BCUT2D eigenvalue weighted by molar-refractivity contribution is -0.141. The van der Waals surface area contributed by atoms with E-state index in [1.165, 1.54) is 19.2 Å². The largest absolute Gasteiger partial charge is 0.534 e. The van der Waals surface area contributed by atoms with Gasteiger partial charge in [-0.3, -0.25) is 4.79 Å². The number of hydrogen-bond donors (Lipinski definition) is 0. The molecule has 0 aliphatic rings. The predicted molar refractivity (Wildman–Crippen MR) is 71.7 cm³/mol. The van der Waals surface area contributed by atoms with E-state index in [9.17, 15) is 26.4 Å². The van der Waals surface area contributed by atoms with Crippen molar-refractivity contribution in [2.75, 3.05) is 7.11 Å². The number of ether oxygens (including phenoxy) is 1. The lowest BCUT2D eigenvalue weighted by Crippen LogP contribution is -2.28. The summed E-state index contributed by atoms with van der Waals surface area (Å²) in [6.07, 6.45) is 0.549. The van der Waals surface area contributed by atoms with Crippen LogP contribution in [-0.4, -0.2) is 27.0 Å². The van der Waals surface area contributed by atoms with Gasteiger partial charge in [-0.2, -0.15) is 21.6 Å². The van der Waals surface area contributed by atoms with Gasteiger partial charge in [0.2, 0.25) is 0 Å².